The van der Waals surface area contributed by atoms with E-state index in [-0.39, 0.29) is 18.1 Å². The Balaban J connectivity index is 0.000000143. The van der Waals surface area contributed by atoms with Crippen LogP contribution in [-0.4, -0.2) is 225 Å². The van der Waals surface area contributed by atoms with Crippen molar-refractivity contribution in [3.8, 4) is 40.2 Å². The van der Waals surface area contributed by atoms with Crippen LogP contribution in [0.1, 0.15) is 80.7 Å². The molecule has 4 fully saturated rings. The van der Waals surface area contributed by atoms with Gasteiger partial charge in [-0.1, -0.05) is 54.6 Å². The number of nitrogens with zero attached hydrogens (tertiary/aromatic N) is 19. The zero-order valence-electron chi connectivity index (χ0n) is 81.3. The SMILES string of the molecule is COc1ccc(N2C(=O)N(c3c(C)cccc3C)Cc3cnc(Cc4cc(N5CCCCC5)cc(N5CCN(C)CC5)c4)nc32)c(OC)c1.COc1ccc(N2C(=O)N(c3c(C)cccc3C)Cc3cnc(Nc4ccc(N5CCN(C)CC5)cc4)nc32)c(OC)c1.COc1ccc(N2C(=O)N(c3c(C)cccc3C)Cc3cnc(Nc4ccc(N5CCN(C)CC5)cc4OC)nc32)c(OC)c1. The van der Waals surface area contributed by atoms with E-state index in [0.29, 0.717) is 119 Å². The van der Waals surface area contributed by atoms with Crippen LogP contribution in [0, 0.1) is 41.5 Å². The molecule has 0 saturated carbocycles. The number of carbonyl (C=O) groups is 3. The first-order valence-corrected chi connectivity index (χ1v) is 46.8. The molecule has 31 heteroatoms. The van der Waals surface area contributed by atoms with E-state index in [9.17, 15) is 14.4 Å². The predicted molar refractivity (Wildman–Crippen MR) is 544 cm³/mol. The molecule has 9 aromatic carbocycles. The number of piperazine rings is 3. The van der Waals surface area contributed by atoms with Crippen molar-refractivity contribution in [2.45, 2.75) is 86.9 Å². The zero-order valence-corrected chi connectivity index (χ0v) is 81.3. The number of hydrogen-bond donors (Lipinski definition) is 2. The summed E-state index contributed by atoms with van der Waals surface area (Å²) in [5.74, 6) is 7.02. The maximum Gasteiger partial charge on any atom is 0.335 e. The number of fused-ring (bicyclic) bond motifs is 3. The standard InChI is InChI=1S/C39H47N7O3.C34H39N7O4.C33H37N7O3/c1-27-10-9-11-28(2)37(27)45-26-30-25-40-36(41-38(30)46(39(45)47)34-13-12-33(48-4)24-35(34)49-5)22-29-20-31(43-14-7-6-8-15-43)23-32(21-29)44-18-16-42(3)17-19-44;1-22-8-7-9-23(2)31(22)40-21-24-20-35-33(36-27-12-10-25(18-29(27)44-5)39-16-14-38(3)15-17-39)37-32(24)41(34(40)42)28-13-11-26(43-4)19-30(28)45-6;1-22-7-6-8-23(2)30(22)39-21-24-20-34-32(35-25-9-11-26(12-10-25)38-17-15-37(3)16-18-38)36-31(24)40(33(39)41)28-14-13-27(42-4)19-29(28)43-5/h9-13,20-21,23-25H,6-8,14-19,22,26H2,1-5H3;7-13,18-20H,14-17,21H2,1-6H3,(H,35,36,37);6-14,19-20H,15-18,21H2,1-5H3,(H,34,35,36). The summed E-state index contributed by atoms with van der Waals surface area (Å²) in [5, 5.41) is 6.66. The molecule has 6 amide bonds. The fourth-order valence-corrected chi connectivity index (χ4v) is 19.1. The van der Waals surface area contributed by atoms with Crippen molar-refractivity contribution >= 4 is 116 Å². The molecule has 19 rings (SSSR count). The van der Waals surface area contributed by atoms with Crippen LogP contribution in [0.5, 0.6) is 40.2 Å². The number of amides is 6. The number of methoxy groups -OCH3 is 7. The number of carbonyl (C=O) groups excluding carboxylic acids is 3. The van der Waals surface area contributed by atoms with E-state index in [4.69, 9.17) is 53.1 Å². The first-order chi connectivity index (χ1) is 66.5. The Bertz CT molecular complexity index is 6330. The quantitative estimate of drug-likeness (QED) is 0.0603. The van der Waals surface area contributed by atoms with Crippen LogP contribution in [0.2, 0.25) is 0 Å². The van der Waals surface area contributed by atoms with Gasteiger partial charge in [0.2, 0.25) is 11.9 Å². The fourth-order valence-electron chi connectivity index (χ4n) is 19.1. The van der Waals surface area contributed by atoms with Crippen LogP contribution in [-0.2, 0) is 26.1 Å². The fraction of sp³-hybridized carbons (Fsp3) is 0.349. The number of anilines is 17. The number of piperidine rings is 1. The number of para-hydroxylation sites is 3. The van der Waals surface area contributed by atoms with Crippen molar-refractivity contribution in [3.63, 3.8) is 0 Å². The van der Waals surface area contributed by atoms with E-state index < -0.39 is 0 Å². The smallest absolute Gasteiger partial charge is 0.335 e. The summed E-state index contributed by atoms with van der Waals surface area (Å²) in [7, 11) is 17.7. The van der Waals surface area contributed by atoms with Crippen LogP contribution in [0.4, 0.5) is 112 Å². The molecule has 712 valence electrons. The molecule has 12 aromatic rings. The van der Waals surface area contributed by atoms with Crippen molar-refractivity contribution in [2.75, 3.05) is 222 Å². The minimum atomic E-state index is -0.248. The third kappa shape index (κ3) is 20.2. The van der Waals surface area contributed by atoms with Crippen LogP contribution in [0.3, 0.4) is 0 Å². The van der Waals surface area contributed by atoms with Crippen LogP contribution in [0.15, 0.2) is 188 Å². The number of rotatable bonds is 23. The van der Waals surface area contributed by atoms with Crippen molar-refractivity contribution in [2.24, 2.45) is 0 Å². The summed E-state index contributed by atoms with van der Waals surface area (Å²) in [4.78, 5) is 99.7. The Labute approximate surface area is 802 Å². The molecular weight excluding hydrogens is 1730 g/mol. The molecule has 0 aliphatic carbocycles. The number of hydrogen-bond acceptors (Lipinski definition) is 25. The Morgan fingerprint density at radius 2 is 0.672 bits per heavy atom. The monoisotopic (exact) mass is 1850 g/mol. The van der Waals surface area contributed by atoms with Gasteiger partial charge in [0, 0.05) is 186 Å². The molecule has 31 nitrogen and oxygen atoms in total. The second kappa shape index (κ2) is 41.7. The third-order valence-corrected chi connectivity index (χ3v) is 26.7. The highest BCUT2D eigenvalue weighted by Crippen LogP contribution is 2.48. The van der Waals surface area contributed by atoms with Gasteiger partial charge in [0.15, 0.2) is 11.6 Å². The predicted octanol–water partition coefficient (Wildman–Crippen LogP) is 18.5. The van der Waals surface area contributed by atoms with E-state index in [2.05, 4.69) is 112 Å². The van der Waals surface area contributed by atoms with Gasteiger partial charge in [0.25, 0.3) is 0 Å². The Hall–Kier alpha value is -14.7. The van der Waals surface area contributed by atoms with Gasteiger partial charge in [-0.05, 0) is 212 Å². The number of nitrogens with one attached hydrogen (secondary N) is 2. The normalized spacial score (nSPS) is 15.9. The lowest BCUT2D eigenvalue weighted by molar-refractivity contribution is 0.251. The van der Waals surface area contributed by atoms with E-state index in [1.165, 1.54) is 41.9 Å². The number of aromatic nitrogens is 6. The molecule has 7 aliphatic heterocycles. The number of likely N-dealkylation sites (N-methyl/N-ethyl adjacent to an activating group) is 3. The Morgan fingerprint density at radius 1 is 0.321 bits per heavy atom. The molecule has 0 unspecified atom stereocenters. The lowest BCUT2D eigenvalue weighted by Crippen LogP contribution is -2.46. The maximum atomic E-state index is 14.6. The summed E-state index contributed by atoms with van der Waals surface area (Å²) in [6.07, 6.45) is 9.74. The third-order valence-electron chi connectivity index (χ3n) is 26.7. The molecule has 0 atom stereocenters. The van der Waals surface area contributed by atoms with Crippen molar-refractivity contribution in [1.82, 2.24) is 44.6 Å². The first kappa shape index (κ1) is 94.1. The maximum absolute atomic E-state index is 14.6. The topological polar surface area (TPSA) is 259 Å². The summed E-state index contributed by atoms with van der Waals surface area (Å²) < 4.78 is 39.4. The van der Waals surface area contributed by atoms with E-state index in [0.717, 1.165) is 176 Å². The molecular formula is C106H123N21O10. The summed E-state index contributed by atoms with van der Waals surface area (Å²) >= 11 is 0. The molecule has 7 aliphatic rings. The Kier molecular flexibility index (Phi) is 28.6. The first-order valence-electron chi connectivity index (χ1n) is 46.8. The Morgan fingerprint density at radius 3 is 1.06 bits per heavy atom. The average Bonchev–Trinajstić information content (AvgIpc) is 0.752. The van der Waals surface area contributed by atoms with Gasteiger partial charge >= 0.3 is 18.1 Å². The summed E-state index contributed by atoms with van der Waals surface area (Å²) in [6, 6.07) is 55.1. The molecule has 0 spiro atoms. The summed E-state index contributed by atoms with van der Waals surface area (Å²) in [6.45, 7) is 27.5. The number of urea groups is 3. The van der Waals surface area contributed by atoms with E-state index >= 15 is 0 Å². The number of benzene rings is 9. The van der Waals surface area contributed by atoms with Crippen molar-refractivity contribution in [3.05, 3.63) is 250 Å². The largest absolute Gasteiger partial charge is 0.497 e. The minimum absolute atomic E-state index is 0.192. The zero-order chi connectivity index (χ0) is 95.8. The van der Waals surface area contributed by atoms with Gasteiger partial charge in [-0.15, -0.1) is 0 Å². The van der Waals surface area contributed by atoms with Crippen LogP contribution >= 0.6 is 0 Å². The molecule has 10 heterocycles. The lowest BCUT2D eigenvalue weighted by Gasteiger charge is -2.38. The van der Waals surface area contributed by atoms with Crippen molar-refractivity contribution in [1.29, 1.82) is 0 Å². The lowest BCUT2D eigenvalue weighted by atomic mass is 10.0. The highest BCUT2D eigenvalue weighted by atomic mass is 16.5. The second-order valence-electron chi connectivity index (χ2n) is 35.8. The minimum Gasteiger partial charge on any atom is -0.497 e. The van der Waals surface area contributed by atoms with Crippen LogP contribution in [0.25, 0.3) is 0 Å². The number of aryl methyl sites for hydroxylation is 6. The van der Waals surface area contributed by atoms with Gasteiger partial charge in [0.1, 0.15) is 51.9 Å². The molecule has 2 N–H and O–H groups in total. The molecule has 0 bridgehead atoms. The van der Waals surface area contributed by atoms with Crippen LogP contribution < -0.4 is 92.8 Å². The van der Waals surface area contributed by atoms with E-state index in [1.807, 2.05) is 162 Å². The molecule has 137 heavy (non-hydrogen) atoms. The highest BCUT2D eigenvalue weighted by Gasteiger charge is 2.42. The van der Waals surface area contributed by atoms with Gasteiger partial charge in [0.05, 0.1) is 109 Å². The van der Waals surface area contributed by atoms with Gasteiger partial charge in [-0.3, -0.25) is 14.7 Å². The summed E-state index contributed by atoms with van der Waals surface area (Å²) in [5.41, 5.74) is 20.5. The van der Waals surface area contributed by atoms with Gasteiger partial charge in [-0.2, -0.15) is 9.97 Å². The average molecular weight is 1850 g/mol. The van der Waals surface area contributed by atoms with Crippen molar-refractivity contribution < 1.29 is 47.5 Å². The molecule has 0 radical (unpaired) electrons. The van der Waals surface area contributed by atoms with E-state index in [1.54, 1.807) is 111 Å². The second-order valence-corrected chi connectivity index (χ2v) is 35.8. The van der Waals surface area contributed by atoms with Gasteiger partial charge < -0.3 is 78.1 Å². The van der Waals surface area contributed by atoms with Gasteiger partial charge in [-0.25, -0.2) is 49.0 Å². The highest BCUT2D eigenvalue weighted by molar-refractivity contribution is 6.14. The molecule has 3 aromatic heterocycles. The molecule has 4 saturated heterocycles. The number of ether oxygens (including phenoxy) is 7.